The van der Waals surface area contributed by atoms with Crippen LogP contribution in [0.2, 0.25) is 0 Å². The van der Waals surface area contributed by atoms with Crippen molar-refractivity contribution in [2.24, 2.45) is 0 Å². The highest BCUT2D eigenvalue weighted by Gasteiger charge is 2.16. The average Bonchev–Trinajstić information content (AvgIpc) is 3.44. The number of hydrogen-bond donors (Lipinski definition) is 1. The third-order valence-electron chi connectivity index (χ3n) is 4.49. The Hall–Kier alpha value is -3.94. The summed E-state index contributed by atoms with van der Waals surface area (Å²) in [6.07, 6.45) is 3.14. The third kappa shape index (κ3) is 4.22. The molecule has 1 aliphatic heterocycles. The maximum absolute atomic E-state index is 12.1. The van der Waals surface area contributed by atoms with Crippen LogP contribution in [-0.4, -0.2) is 32.1 Å². The van der Waals surface area contributed by atoms with Gasteiger partial charge in [-0.3, -0.25) is 4.79 Å². The third-order valence-corrected chi connectivity index (χ3v) is 4.49. The van der Waals surface area contributed by atoms with Gasteiger partial charge in [-0.2, -0.15) is 0 Å². The van der Waals surface area contributed by atoms with Crippen molar-refractivity contribution in [3.8, 4) is 34.3 Å². The van der Waals surface area contributed by atoms with Crippen LogP contribution in [0.5, 0.6) is 23.0 Å². The average molecular weight is 408 g/mol. The lowest BCUT2D eigenvalue weighted by Crippen LogP contribution is -2.20. The molecule has 8 heteroatoms. The predicted octanol–water partition coefficient (Wildman–Crippen LogP) is 3.42. The van der Waals surface area contributed by atoms with Gasteiger partial charge in [0, 0.05) is 17.7 Å². The summed E-state index contributed by atoms with van der Waals surface area (Å²) in [5, 5.41) is 6.78. The van der Waals surface area contributed by atoms with Gasteiger partial charge in [-0.05, 0) is 42.0 Å². The Morgan fingerprint density at radius 3 is 2.73 bits per heavy atom. The molecule has 0 bridgehead atoms. The van der Waals surface area contributed by atoms with Crippen LogP contribution in [0.3, 0.4) is 0 Å². The van der Waals surface area contributed by atoms with Crippen LogP contribution in [0.1, 0.15) is 11.3 Å². The number of carbonyl (C=O) groups is 1. The number of amides is 1. The highest BCUT2D eigenvalue weighted by atomic mass is 16.7. The second kappa shape index (κ2) is 8.60. The molecule has 0 spiro atoms. The van der Waals surface area contributed by atoms with E-state index in [1.807, 2.05) is 24.3 Å². The molecule has 0 unspecified atom stereocenters. The first-order valence-corrected chi connectivity index (χ1v) is 9.20. The van der Waals surface area contributed by atoms with Gasteiger partial charge in [-0.15, -0.1) is 0 Å². The fraction of sp³-hybridized carbons (Fsp3) is 0.182. The number of aromatic nitrogens is 1. The van der Waals surface area contributed by atoms with Crippen molar-refractivity contribution in [1.29, 1.82) is 0 Å². The van der Waals surface area contributed by atoms with E-state index in [4.69, 9.17) is 23.5 Å². The maximum atomic E-state index is 12.1. The second-order valence-electron chi connectivity index (χ2n) is 6.42. The zero-order valence-corrected chi connectivity index (χ0v) is 16.5. The van der Waals surface area contributed by atoms with E-state index in [-0.39, 0.29) is 19.2 Å². The van der Waals surface area contributed by atoms with E-state index in [0.29, 0.717) is 34.5 Å². The fourth-order valence-electron chi connectivity index (χ4n) is 2.95. The van der Waals surface area contributed by atoms with Crippen LogP contribution >= 0.6 is 0 Å². The van der Waals surface area contributed by atoms with Gasteiger partial charge in [0.15, 0.2) is 28.8 Å². The topological polar surface area (TPSA) is 92.1 Å². The van der Waals surface area contributed by atoms with E-state index in [1.54, 1.807) is 38.5 Å². The Kier molecular flexibility index (Phi) is 5.56. The molecule has 0 aliphatic carbocycles. The van der Waals surface area contributed by atoms with Crippen LogP contribution < -0.4 is 24.3 Å². The van der Waals surface area contributed by atoms with Gasteiger partial charge in [-0.25, -0.2) is 0 Å². The lowest BCUT2D eigenvalue weighted by Gasteiger charge is -2.07. The van der Waals surface area contributed by atoms with Gasteiger partial charge in [0.2, 0.25) is 12.7 Å². The highest BCUT2D eigenvalue weighted by molar-refractivity contribution is 5.91. The molecule has 1 N–H and O–H groups in total. The molecule has 2 heterocycles. The Balaban J connectivity index is 1.35. The van der Waals surface area contributed by atoms with Crippen molar-refractivity contribution in [3.63, 3.8) is 0 Å². The molecular weight excluding hydrogens is 388 g/mol. The fourth-order valence-corrected chi connectivity index (χ4v) is 2.95. The first-order chi connectivity index (χ1) is 14.7. The molecular formula is C22H20N2O6. The normalized spacial score (nSPS) is 12.2. The first kappa shape index (κ1) is 19.4. The Labute approximate surface area is 173 Å². The van der Waals surface area contributed by atoms with Gasteiger partial charge < -0.3 is 28.8 Å². The predicted molar refractivity (Wildman–Crippen MR) is 108 cm³/mol. The molecule has 0 radical (unpaired) electrons. The molecule has 0 saturated carbocycles. The molecule has 4 rings (SSSR count). The second-order valence-corrected chi connectivity index (χ2v) is 6.42. The van der Waals surface area contributed by atoms with Crippen molar-refractivity contribution in [2.45, 2.75) is 6.54 Å². The number of rotatable bonds is 7. The van der Waals surface area contributed by atoms with Gasteiger partial charge in [0.05, 0.1) is 20.8 Å². The summed E-state index contributed by atoms with van der Waals surface area (Å²) in [7, 11) is 3.14. The smallest absolute Gasteiger partial charge is 0.244 e. The summed E-state index contributed by atoms with van der Waals surface area (Å²) in [5.41, 5.74) is 2.24. The van der Waals surface area contributed by atoms with Crippen molar-refractivity contribution in [1.82, 2.24) is 10.5 Å². The summed E-state index contributed by atoms with van der Waals surface area (Å²) in [6, 6.07) is 12.7. The lowest BCUT2D eigenvalue weighted by atomic mass is 10.1. The van der Waals surface area contributed by atoms with Crippen LogP contribution in [0.4, 0.5) is 0 Å². The number of fused-ring (bicyclic) bond motifs is 1. The van der Waals surface area contributed by atoms with Gasteiger partial charge >= 0.3 is 0 Å². The van der Waals surface area contributed by atoms with Crippen LogP contribution in [0.15, 0.2) is 53.1 Å². The molecule has 0 fully saturated rings. The van der Waals surface area contributed by atoms with Crippen molar-refractivity contribution in [3.05, 3.63) is 59.8 Å². The standard InChI is InChI=1S/C22H20N2O6/c1-26-17-6-3-14(9-20(17)27-2)4-8-22(25)23-12-16-11-19(30-24-16)15-5-7-18-21(10-15)29-13-28-18/h3-11H,12-13H2,1-2H3,(H,23,25)/b8-4+. The van der Waals surface area contributed by atoms with Crippen LogP contribution in [-0.2, 0) is 11.3 Å². The molecule has 30 heavy (non-hydrogen) atoms. The maximum Gasteiger partial charge on any atom is 0.244 e. The number of methoxy groups -OCH3 is 2. The summed E-state index contributed by atoms with van der Waals surface area (Å²) < 4.78 is 26.5. The van der Waals surface area contributed by atoms with Crippen LogP contribution in [0.25, 0.3) is 17.4 Å². The number of nitrogens with one attached hydrogen (secondary N) is 1. The monoisotopic (exact) mass is 408 g/mol. The molecule has 3 aromatic rings. The van der Waals surface area contributed by atoms with Gasteiger partial charge in [0.1, 0.15) is 5.69 Å². The van der Waals surface area contributed by atoms with E-state index in [1.165, 1.54) is 6.08 Å². The minimum absolute atomic E-state index is 0.212. The minimum Gasteiger partial charge on any atom is -0.493 e. The Morgan fingerprint density at radius 2 is 1.90 bits per heavy atom. The zero-order chi connectivity index (χ0) is 20.9. The minimum atomic E-state index is -0.252. The van der Waals surface area contributed by atoms with E-state index in [2.05, 4.69) is 10.5 Å². The summed E-state index contributed by atoms with van der Waals surface area (Å²) >= 11 is 0. The van der Waals surface area contributed by atoms with Crippen molar-refractivity contribution in [2.75, 3.05) is 21.0 Å². The Bertz CT molecular complexity index is 1090. The van der Waals surface area contributed by atoms with E-state index in [9.17, 15) is 4.79 Å². The molecule has 2 aromatic carbocycles. The van der Waals surface area contributed by atoms with Crippen molar-refractivity contribution < 1.29 is 28.3 Å². The largest absolute Gasteiger partial charge is 0.493 e. The number of benzene rings is 2. The molecule has 8 nitrogen and oxygen atoms in total. The van der Waals surface area contributed by atoms with E-state index in [0.717, 1.165) is 11.1 Å². The molecule has 154 valence electrons. The Morgan fingerprint density at radius 1 is 1.07 bits per heavy atom. The summed E-state index contributed by atoms with van der Waals surface area (Å²) in [6.45, 7) is 0.451. The molecule has 1 aromatic heterocycles. The van der Waals surface area contributed by atoms with Crippen LogP contribution in [0, 0.1) is 0 Å². The number of carbonyl (C=O) groups excluding carboxylic acids is 1. The number of hydrogen-bond acceptors (Lipinski definition) is 7. The molecule has 1 amide bonds. The van der Waals surface area contributed by atoms with E-state index >= 15 is 0 Å². The lowest BCUT2D eigenvalue weighted by molar-refractivity contribution is -0.116. The molecule has 0 saturated heterocycles. The molecule has 1 aliphatic rings. The summed E-state index contributed by atoms with van der Waals surface area (Å²) in [4.78, 5) is 12.1. The highest BCUT2D eigenvalue weighted by Crippen LogP contribution is 2.36. The quantitative estimate of drug-likeness (QED) is 0.599. The number of ether oxygens (including phenoxy) is 4. The zero-order valence-electron chi connectivity index (χ0n) is 16.5. The van der Waals surface area contributed by atoms with E-state index < -0.39 is 0 Å². The number of nitrogens with zero attached hydrogens (tertiary/aromatic N) is 1. The van der Waals surface area contributed by atoms with Gasteiger partial charge in [-0.1, -0.05) is 11.2 Å². The van der Waals surface area contributed by atoms with Crippen molar-refractivity contribution >= 4 is 12.0 Å². The first-order valence-electron chi connectivity index (χ1n) is 9.20. The summed E-state index contributed by atoms with van der Waals surface area (Å²) in [5.74, 6) is 2.92. The van der Waals surface area contributed by atoms with Gasteiger partial charge in [0.25, 0.3) is 0 Å². The SMILES string of the molecule is COc1ccc(/C=C/C(=O)NCc2cc(-c3ccc4c(c3)OCO4)on2)cc1OC. The molecule has 0 atom stereocenters.